The molecule has 0 unspecified atom stereocenters. The van der Waals surface area contributed by atoms with Crippen LogP contribution in [0.15, 0.2) is 24.4 Å². The zero-order chi connectivity index (χ0) is 14.8. The number of fused-ring (bicyclic) bond motifs is 1. The predicted octanol–water partition coefficient (Wildman–Crippen LogP) is 1.65. The van der Waals surface area contributed by atoms with E-state index in [0.717, 1.165) is 30.2 Å². The van der Waals surface area contributed by atoms with Crippen molar-refractivity contribution in [3.63, 3.8) is 0 Å². The number of hydrogen-bond donors (Lipinski definition) is 2. The average Bonchev–Trinajstić information content (AvgIpc) is 2.82. The van der Waals surface area contributed by atoms with Gasteiger partial charge in [-0.15, -0.1) is 0 Å². The Hall–Kier alpha value is -1.59. The lowest BCUT2D eigenvalue weighted by Crippen LogP contribution is -2.45. The lowest BCUT2D eigenvalue weighted by atomic mass is 10.1. The Labute approximate surface area is 120 Å². The minimum absolute atomic E-state index is 0.0814. The molecule has 110 valence electrons. The van der Waals surface area contributed by atoms with Gasteiger partial charge < -0.3 is 19.7 Å². The summed E-state index contributed by atoms with van der Waals surface area (Å²) in [5.74, 6) is 0.913. The van der Waals surface area contributed by atoms with Crippen molar-refractivity contribution < 1.29 is 5.11 Å². The molecule has 0 aliphatic carbocycles. The number of rotatable bonds is 6. The SMILES string of the molecule is CCNCc1c(N(C)C(C)(C)CO)nc2ccccn12. The average molecular weight is 276 g/mol. The number of nitrogens with zero attached hydrogens (tertiary/aromatic N) is 3. The first kappa shape index (κ1) is 14.8. The lowest BCUT2D eigenvalue weighted by molar-refractivity contribution is 0.215. The molecule has 2 N–H and O–H groups in total. The molecule has 0 radical (unpaired) electrons. The minimum Gasteiger partial charge on any atom is -0.394 e. The van der Waals surface area contributed by atoms with Crippen LogP contribution in [0.5, 0.6) is 0 Å². The van der Waals surface area contributed by atoms with E-state index in [-0.39, 0.29) is 12.1 Å². The normalized spacial score (nSPS) is 12.1. The van der Waals surface area contributed by atoms with Crippen LogP contribution in [0, 0.1) is 0 Å². The Morgan fingerprint density at radius 1 is 1.40 bits per heavy atom. The number of aliphatic hydroxyl groups is 1. The smallest absolute Gasteiger partial charge is 0.152 e. The van der Waals surface area contributed by atoms with E-state index < -0.39 is 0 Å². The van der Waals surface area contributed by atoms with Gasteiger partial charge in [0.2, 0.25) is 0 Å². The molecule has 0 bridgehead atoms. The Bertz CT molecular complexity index is 576. The summed E-state index contributed by atoms with van der Waals surface area (Å²) in [5, 5.41) is 12.9. The van der Waals surface area contributed by atoms with Crippen LogP contribution in [0.4, 0.5) is 5.82 Å². The third-order valence-electron chi connectivity index (χ3n) is 3.76. The molecule has 20 heavy (non-hydrogen) atoms. The Morgan fingerprint density at radius 2 is 2.15 bits per heavy atom. The van der Waals surface area contributed by atoms with E-state index in [4.69, 9.17) is 4.98 Å². The lowest BCUT2D eigenvalue weighted by Gasteiger charge is -2.34. The van der Waals surface area contributed by atoms with Crippen LogP contribution in [-0.4, -0.2) is 40.2 Å². The van der Waals surface area contributed by atoms with Gasteiger partial charge in [-0.3, -0.25) is 0 Å². The Balaban J connectivity index is 2.50. The van der Waals surface area contributed by atoms with Crippen molar-refractivity contribution in [1.82, 2.24) is 14.7 Å². The number of nitrogens with one attached hydrogen (secondary N) is 1. The van der Waals surface area contributed by atoms with Crippen molar-refractivity contribution >= 4 is 11.5 Å². The maximum Gasteiger partial charge on any atom is 0.152 e. The number of pyridine rings is 1. The summed E-state index contributed by atoms with van der Waals surface area (Å²) in [6.45, 7) is 7.85. The number of aromatic nitrogens is 2. The molecule has 0 amide bonds. The van der Waals surface area contributed by atoms with E-state index in [1.165, 1.54) is 0 Å². The van der Waals surface area contributed by atoms with Crippen LogP contribution in [-0.2, 0) is 6.54 Å². The first-order valence-corrected chi connectivity index (χ1v) is 7.02. The molecule has 5 nitrogen and oxygen atoms in total. The molecule has 0 spiro atoms. The summed E-state index contributed by atoms with van der Waals surface area (Å²) in [6, 6.07) is 5.99. The van der Waals surface area contributed by atoms with E-state index in [1.54, 1.807) is 0 Å². The van der Waals surface area contributed by atoms with Gasteiger partial charge in [0.25, 0.3) is 0 Å². The highest BCUT2D eigenvalue weighted by molar-refractivity contribution is 5.56. The highest BCUT2D eigenvalue weighted by Gasteiger charge is 2.27. The fourth-order valence-corrected chi connectivity index (χ4v) is 2.10. The monoisotopic (exact) mass is 276 g/mol. The summed E-state index contributed by atoms with van der Waals surface area (Å²) < 4.78 is 2.10. The van der Waals surface area contributed by atoms with Gasteiger partial charge in [0.1, 0.15) is 5.65 Å². The van der Waals surface area contributed by atoms with Gasteiger partial charge in [-0.05, 0) is 32.5 Å². The van der Waals surface area contributed by atoms with Gasteiger partial charge in [-0.2, -0.15) is 0 Å². The first-order valence-electron chi connectivity index (χ1n) is 7.02. The standard InChI is InChI=1S/C15H24N4O/c1-5-16-10-12-14(18(4)15(2,3)11-20)17-13-8-6-7-9-19(12)13/h6-9,16,20H,5,10-11H2,1-4H3. The molecule has 0 atom stereocenters. The zero-order valence-corrected chi connectivity index (χ0v) is 12.7. The summed E-state index contributed by atoms with van der Waals surface area (Å²) in [7, 11) is 1.98. The van der Waals surface area contributed by atoms with E-state index in [2.05, 4.69) is 16.6 Å². The first-order chi connectivity index (χ1) is 9.51. The van der Waals surface area contributed by atoms with Gasteiger partial charge >= 0.3 is 0 Å². The third kappa shape index (κ3) is 2.64. The van der Waals surface area contributed by atoms with Crippen LogP contribution < -0.4 is 10.2 Å². The summed E-state index contributed by atoms with van der Waals surface area (Å²) >= 11 is 0. The highest BCUT2D eigenvalue weighted by atomic mass is 16.3. The molecular formula is C15H24N4O. The fraction of sp³-hybridized carbons (Fsp3) is 0.533. The van der Waals surface area contributed by atoms with Gasteiger partial charge in [0.15, 0.2) is 5.82 Å². The van der Waals surface area contributed by atoms with Gasteiger partial charge in [-0.25, -0.2) is 4.98 Å². The molecule has 2 rings (SSSR count). The van der Waals surface area contributed by atoms with Crippen molar-refractivity contribution in [3.8, 4) is 0 Å². The second kappa shape index (κ2) is 5.81. The number of anilines is 1. The Morgan fingerprint density at radius 3 is 2.80 bits per heavy atom. The maximum absolute atomic E-state index is 9.58. The van der Waals surface area contributed by atoms with Crippen molar-refractivity contribution in [3.05, 3.63) is 30.1 Å². The molecule has 0 fully saturated rings. The summed E-state index contributed by atoms with van der Waals surface area (Å²) in [6.07, 6.45) is 2.03. The van der Waals surface area contributed by atoms with Crippen LogP contribution in [0.2, 0.25) is 0 Å². The highest BCUT2D eigenvalue weighted by Crippen LogP contribution is 2.26. The number of imidazole rings is 1. The topological polar surface area (TPSA) is 52.8 Å². The van der Waals surface area contributed by atoms with Gasteiger partial charge in [0.05, 0.1) is 17.8 Å². The molecule has 5 heteroatoms. The molecule has 0 aromatic carbocycles. The second-order valence-corrected chi connectivity index (χ2v) is 5.62. The largest absolute Gasteiger partial charge is 0.394 e. The van der Waals surface area contributed by atoms with Crippen LogP contribution >= 0.6 is 0 Å². The Kier molecular flexibility index (Phi) is 4.30. The maximum atomic E-state index is 9.58. The molecule has 0 saturated heterocycles. The van der Waals surface area contributed by atoms with Crippen molar-refractivity contribution in [2.75, 3.05) is 25.1 Å². The van der Waals surface area contributed by atoms with E-state index in [0.29, 0.717) is 0 Å². The third-order valence-corrected chi connectivity index (χ3v) is 3.76. The van der Waals surface area contributed by atoms with Crippen LogP contribution in [0.3, 0.4) is 0 Å². The van der Waals surface area contributed by atoms with Gasteiger partial charge in [0, 0.05) is 19.8 Å². The molecule has 0 aliphatic heterocycles. The number of likely N-dealkylation sites (N-methyl/N-ethyl adjacent to an activating group) is 1. The van der Waals surface area contributed by atoms with E-state index in [9.17, 15) is 5.11 Å². The zero-order valence-electron chi connectivity index (χ0n) is 12.7. The summed E-state index contributed by atoms with van der Waals surface area (Å²) in [5.41, 5.74) is 1.70. The molecule has 2 aromatic heterocycles. The second-order valence-electron chi connectivity index (χ2n) is 5.62. The predicted molar refractivity (Wildman–Crippen MR) is 82.1 cm³/mol. The van der Waals surface area contributed by atoms with Crippen LogP contribution in [0.25, 0.3) is 5.65 Å². The fourth-order valence-electron chi connectivity index (χ4n) is 2.10. The number of aliphatic hydroxyl groups excluding tert-OH is 1. The minimum atomic E-state index is -0.348. The van der Waals surface area contributed by atoms with Crippen molar-refractivity contribution in [2.45, 2.75) is 32.9 Å². The summed E-state index contributed by atoms with van der Waals surface area (Å²) in [4.78, 5) is 6.77. The van der Waals surface area contributed by atoms with Crippen molar-refractivity contribution in [1.29, 1.82) is 0 Å². The van der Waals surface area contributed by atoms with Crippen molar-refractivity contribution in [2.24, 2.45) is 0 Å². The van der Waals surface area contributed by atoms with Gasteiger partial charge in [-0.1, -0.05) is 13.0 Å². The molecular weight excluding hydrogens is 252 g/mol. The van der Waals surface area contributed by atoms with Crippen LogP contribution in [0.1, 0.15) is 26.5 Å². The van der Waals surface area contributed by atoms with E-state index >= 15 is 0 Å². The van der Waals surface area contributed by atoms with E-state index in [1.807, 2.05) is 50.2 Å². The molecule has 2 heterocycles. The molecule has 0 saturated carbocycles. The molecule has 0 aliphatic rings. The number of hydrogen-bond acceptors (Lipinski definition) is 4. The quantitative estimate of drug-likeness (QED) is 0.842. The molecule has 2 aromatic rings.